The van der Waals surface area contributed by atoms with Crippen LogP contribution in [0.5, 0.6) is 0 Å². The van der Waals surface area contributed by atoms with Gasteiger partial charge in [0.05, 0.1) is 17.2 Å². The Morgan fingerprint density at radius 1 is 1.15 bits per heavy atom. The molecule has 0 spiro atoms. The topological polar surface area (TPSA) is 90.3 Å². The molecule has 138 valence electrons. The number of fused-ring (bicyclic) bond motifs is 1. The van der Waals surface area contributed by atoms with Crippen molar-refractivity contribution < 1.29 is 14.3 Å². The SMILES string of the molecule is O=C(COC(=O)Cn1cnc2ccccc2c1=O)NC1CCCCCC1. The van der Waals surface area contributed by atoms with Gasteiger partial charge in [0.2, 0.25) is 0 Å². The van der Waals surface area contributed by atoms with Crippen LogP contribution >= 0.6 is 0 Å². The molecule has 2 aromatic rings. The Labute approximate surface area is 151 Å². The first-order valence-electron chi connectivity index (χ1n) is 9.02. The minimum absolute atomic E-state index is 0.163. The Bertz CT molecular complexity index is 838. The molecule has 0 atom stereocenters. The van der Waals surface area contributed by atoms with Crippen molar-refractivity contribution in [3.8, 4) is 0 Å². The molecule has 7 heteroatoms. The molecule has 1 N–H and O–H groups in total. The van der Waals surface area contributed by atoms with Gasteiger partial charge >= 0.3 is 5.97 Å². The minimum atomic E-state index is -0.639. The van der Waals surface area contributed by atoms with Crippen molar-refractivity contribution in [2.45, 2.75) is 51.1 Å². The second-order valence-corrected chi connectivity index (χ2v) is 6.61. The van der Waals surface area contributed by atoms with Crippen LogP contribution in [-0.2, 0) is 20.9 Å². The van der Waals surface area contributed by atoms with Crippen LogP contribution in [0.3, 0.4) is 0 Å². The van der Waals surface area contributed by atoms with Crippen LogP contribution in [0.1, 0.15) is 38.5 Å². The van der Waals surface area contributed by atoms with Gasteiger partial charge in [-0.15, -0.1) is 0 Å². The number of para-hydroxylation sites is 1. The normalized spacial score (nSPS) is 15.4. The van der Waals surface area contributed by atoms with Crippen molar-refractivity contribution in [2.24, 2.45) is 0 Å². The van der Waals surface area contributed by atoms with Crippen molar-refractivity contribution in [3.05, 3.63) is 40.9 Å². The molecular weight excluding hydrogens is 334 g/mol. The maximum atomic E-state index is 12.3. The number of hydrogen-bond acceptors (Lipinski definition) is 5. The number of carbonyl (C=O) groups excluding carboxylic acids is 2. The molecule has 1 heterocycles. The fourth-order valence-corrected chi connectivity index (χ4v) is 3.24. The van der Waals surface area contributed by atoms with Gasteiger partial charge in [-0.25, -0.2) is 4.98 Å². The predicted molar refractivity (Wildman–Crippen MR) is 96.6 cm³/mol. The number of benzene rings is 1. The molecule has 26 heavy (non-hydrogen) atoms. The Hall–Kier alpha value is -2.70. The lowest BCUT2D eigenvalue weighted by atomic mass is 10.1. The first-order chi connectivity index (χ1) is 12.6. The van der Waals surface area contributed by atoms with Gasteiger partial charge < -0.3 is 10.1 Å². The summed E-state index contributed by atoms with van der Waals surface area (Å²) in [4.78, 5) is 40.4. The summed E-state index contributed by atoms with van der Waals surface area (Å²) in [6.07, 6.45) is 7.89. The van der Waals surface area contributed by atoms with E-state index in [-0.39, 0.29) is 30.7 Å². The highest BCUT2D eigenvalue weighted by atomic mass is 16.5. The van der Waals surface area contributed by atoms with E-state index in [0.29, 0.717) is 10.9 Å². The third kappa shape index (κ3) is 4.68. The second kappa shape index (κ2) is 8.60. The molecule has 1 saturated carbocycles. The van der Waals surface area contributed by atoms with E-state index in [1.54, 1.807) is 24.3 Å². The lowest BCUT2D eigenvalue weighted by Gasteiger charge is -2.16. The second-order valence-electron chi connectivity index (χ2n) is 6.61. The fraction of sp³-hybridized carbons (Fsp3) is 0.474. The lowest BCUT2D eigenvalue weighted by Crippen LogP contribution is -2.37. The average Bonchev–Trinajstić information content (AvgIpc) is 2.91. The van der Waals surface area contributed by atoms with Crippen LogP contribution < -0.4 is 10.9 Å². The van der Waals surface area contributed by atoms with Gasteiger partial charge in [-0.2, -0.15) is 0 Å². The summed E-state index contributed by atoms with van der Waals surface area (Å²) in [5.41, 5.74) is 0.264. The smallest absolute Gasteiger partial charge is 0.326 e. The Morgan fingerprint density at radius 3 is 2.65 bits per heavy atom. The molecule has 1 fully saturated rings. The zero-order valence-corrected chi connectivity index (χ0v) is 14.6. The maximum absolute atomic E-state index is 12.3. The van der Waals surface area contributed by atoms with Crippen molar-refractivity contribution in [1.82, 2.24) is 14.9 Å². The number of amides is 1. The molecule has 7 nitrogen and oxygen atoms in total. The number of aromatic nitrogens is 2. The summed E-state index contributed by atoms with van der Waals surface area (Å²) in [5.74, 6) is -0.936. The zero-order valence-electron chi connectivity index (χ0n) is 14.6. The fourth-order valence-electron chi connectivity index (χ4n) is 3.24. The Kier molecular flexibility index (Phi) is 5.99. The standard InChI is InChI=1S/C19H23N3O4/c23-17(21-14-7-3-1-2-4-8-14)12-26-18(24)11-22-13-20-16-10-6-5-9-15(16)19(22)25/h5-6,9-10,13-14H,1-4,7-8,11-12H2,(H,21,23). The van der Waals surface area contributed by atoms with Gasteiger partial charge in [-0.3, -0.25) is 19.0 Å². The van der Waals surface area contributed by atoms with Crippen molar-refractivity contribution >= 4 is 22.8 Å². The molecule has 1 amide bonds. The number of carbonyl (C=O) groups is 2. The minimum Gasteiger partial charge on any atom is -0.454 e. The largest absolute Gasteiger partial charge is 0.454 e. The van der Waals surface area contributed by atoms with E-state index in [1.165, 1.54) is 23.7 Å². The molecule has 0 aliphatic heterocycles. The number of ether oxygens (including phenoxy) is 1. The number of nitrogens with zero attached hydrogens (tertiary/aromatic N) is 2. The summed E-state index contributed by atoms with van der Waals surface area (Å²) >= 11 is 0. The van der Waals surface area contributed by atoms with E-state index in [1.807, 2.05) is 0 Å². The van der Waals surface area contributed by atoms with E-state index < -0.39 is 5.97 Å². The Morgan fingerprint density at radius 2 is 1.88 bits per heavy atom. The molecule has 0 unspecified atom stereocenters. The molecule has 1 aliphatic carbocycles. The van der Waals surface area contributed by atoms with Crippen LogP contribution in [0.4, 0.5) is 0 Å². The molecule has 1 aromatic heterocycles. The van der Waals surface area contributed by atoms with Crippen molar-refractivity contribution in [3.63, 3.8) is 0 Å². The molecule has 0 saturated heterocycles. The predicted octanol–water partition coefficient (Wildman–Crippen LogP) is 1.78. The molecule has 3 rings (SSSR count). The molecular formula is C19H23N3O4. The van der Waals surface area contributed by atoms with E-state index in [4.69, 9.17) is 4.74 Å². The summed E-state index contributed by atoms with van der Waals surface area (Å²) in [6.45, 7) is -0.599. The van der Waals surface area contributed by atoms with Crippen LogP contribution in [-0.4, -0.2) is 34.1 Å². The van der Waals surface area contributed by atoms with Crippen molar-refractivity contribution in [2.75, 3.05) is 6.61 Å². The van der Waals surface area contributed by atoms with Crippen LogP contribution in [0.25, 0.3) is 10.9 Å². The highest BCUT2D eigenvalue weighted by molar-refractivity contribution is 5.81. The van der Waals surface area contributed by atoms with E-state index in [2.05, 4.69) is 10.3 Å². The summed E-state index contributed by atoms with van der Waals surface area (Å²) in [7, 11) is 0. The average molecular weight is 357 g/mol. The number of esters is 1. The monoisotopic (exact) mass is 357 g/mol. The highest BCUT2D eigenvalue weighted by Gasteiger charge is 2.16. The van der Waals surface area contributed by atoms with Gasteiger partial charge in [-0.05, 0) is 25.0 Å². The van der Waals surface area contributed by atoms with Gasteiger partial charge in [-0.1, -0.05) is 37.8 Å². The molecule has 0 bridgehead atoms. The maximum Gasteiger partial charge on any atom is 0.326 e. The molecule has 0 radical (unpaired) electrons. The summed E-state index contributed by atoms with van der Waals surface area (Å²) in [5, 5.41) is 3.36. The van der Waals surface area contributed by atoms with E-state index >= 15 is 0 Å². The van der Waals surface area contributed by atoms with Crippen LogP contribution in [0.15, 0.2) is 35.4 Å². The van der Waals surface area contributed by atoms with Crippen LogP contribution in [0, 0.1) is 0 Å². The quantitative estimate of drug-likeness (QED) is 0.651. The third-order valence-corrected chi connectivity index (χ3v) is 4.62. The number of rotatable bonds is 5. The number of nitrogens with one attached hydrogen (secondary N) is 1. The molecule has 1 aromatic carbocycles. The van der Waals surface area contributed by atoms with Crippen LogP contribution in [0.2, 0.25) is 0 Å². The van der Waals surface area contributed by atoms with Crippen molar-refractivity contribution in [1.29, 1.82) is 0 Å². The van der Waals surface area contributed by atoms with Gasteiger partial charge in [0.15, 0.2) is 6.61 Å². The summed E-state index contributed by atoms with van der Waals surface area (Å²) in [6, 6.07) is 7.09. The first-order valence-corrected chi connectivity index (χ1v) is 9.02. The van der Waals surface area contributed by atoms with E-state index in [0.717, 1.165) is 25.7 Å². The highest BCUT2D eigenvalue weighted by Crippen LogP contribution is 2.17. The molecule has 1 aliphatic rings. The van der Waals surface area contributed by atoms with Gasteiger partial charge in [0.1, 0.15) is 6.54 Å². The summed E-state index contributed by atoms with van der Waals surface area (Å²) < 4.78 is 6.20. The lowest BCUT2D eigenvalue weighted by molar-refractivity contribution is -0.149. The third-order valence-electron chi connectivity index (χ3n) is 4.62. The van der Waals surface area contributed by atoms with Gasteiger partial charge in [0.25, 0.3) is 11.5 Å². The van der Waals surface area contributed by atoms with Gasteiger partial charge in [0, 0.05) is 6.04 Å². The zero-order chi connectivity index (χ0) is 18.4. The Balaban J connectivity index is 1.52. The van der Waals surface area contributed by atoms with E-state index in [9.17, 15) is 14.4 Å². The number of hydrogen-bond donors (Lipinski definition) is 1. The first kappa shape index (κ1) is 18.1.